The van der Waals surface area contributed by atoms with Crippen molar-refractivity contribution in [1.29, 1.82) is 0 Å². The van der Waals surface area contributed by atoms with Crippen molar-refractivity contribution in [1.82, 2.24) is 0 Å². The third-order valence-electron chi connectivity index (χ3n) is 1.78. The Bertz CT molecular complexity index is 266. The zero-order valence-electron chi connectivity index (χ0n) is 8.62. The quantitative estimate of drug-likeness (QED) is 0.729. The van der Waals surface area contributed by atoms with Crippen LogP contribution in [0.3, 0.4) is 0 Å². The van der Waals surface area contributed by atoms with Crippen molar-refractivity contribution in [3.05, 3.63) is 30.1 Å². The highest BCUT2D eigenvalue weighted by molar-refractivity contribution is 7.99. The fourth-order valence-electron chi connectivity index (χ4n) is 1.07. The standard InChI is InChI=1S/C11H16FNOS/c12-10-2-4-11(5-3-10)14-7-1-8-15-9-6-13/h2-5H,1,6-9,13H2. The molecule has 0 aliphatic rings. The van der Waals surface area contributed by atoms with E-state index in [1.54, 1.807) is 12.1 Å². The summed E-state index contributed by atoms with van der Waals surface area (Å²) in [5.74, 6) is 2.54. The van der Waals surface area contributed by atoms with Gasteiger partial charge in [-0.3, -0.25) is 0 Å². The van der Waals surface area contributed by atoms with Crippen LogP contribution in [-0.2, 0) is 0 Å². The van der Waals surface area contributed by atoms with Crippen molar-refractivity contribution in [2.24, 2.45) is 5.73 Å². The molecular weight excluding hydrogens is 213 g/mol. The SMILES string of the molecule is NCCSCCCOc1ccc(F)cc1. The lowest BCUT2D eigenvalue weighted by Crippen LogP contribution is -2.03. The molecule has 0 bridgehead atoms. The highest BCUT2D eigenvalue weighted by Gasteiger charge is 1.94. The largest absolute Gasteiger partial charge is 0.494 e. The number of rotatable bonds is 7. The monoisotopic (exact) mass is 229 g/mol. The minimum absolute atomic E-state index is 0.235. The molecule has 4 heteroatoms. The molecule has 84 valence electrons. The van der Waals surface area contributed by atoms with E-state index in [0.717, 1.165) is 30.2 Å². The normalized spacial score (nSPS) is 10.3. The molecule has 0 amide bonds. The van der Waals surface area contributed by atoms with Crippen molar-refractivity contribution < 1.29 is 9.13 Å². The Labute approximate surface area is 94.0 Å². The lowest BCUT2D eigenvalue weighted by atomic mass is 10.3. The first-order valence-corrected chi connectivity index (χ1v) is 6.14. The van der Waals surface area contributed by atoms with Crippen LogP contribution in [0.25, 0.3) is 0 Å². The van der Waals surface area contributed by atoms with E-state index >= 15 is 0 Å². The van der Waals surface area contributed by atoms with E-state index in [-0.39, 0.29) is 5.82 Å². The third kappa shape index (κ3) is 5.64. The maximum absolute atomic E-state index is 12.5. The topological polar surface area (TPSA) is 35.2 Å². The Morgan fingerprint density at radius 2 is 1.93 bits per heavy atom. The maximum Gasteiger partial charge on any atom is 0.123 e. The lowest BCUT2D eigenvalue weighted by Gasteiger charge is -2.05. The van der Waals surface area contributed by atoms with Crippen LogP contribution in [0.1, 0.15) is 6.42 Å². The molecule has 0 unspecified atom stereocenters. The molecule has 0 spiro atoms. The molecule has 1 rings (SSSR count). The molecular formula is C11H16FNOS. The summed E-state index contributed by atoms with van der Waals surface area (Å²) < 4.78 is 18.0. The molecule has 0 saturated carbocycles. The van der Waals surface area contributed by atoms with Gasteiger partial charge in [0.15, 0.2) is 0 Å². The van der Waals surface area contributed by atoms with Crippen molar-refractivity contribution in [2.45, 2.75) is 6.42 Å². The minimum atomic E-state index is -0.235. The summed E-state index contributed by atoms with van der Waals surface area (Å²) >= 11 is 1.83. The van der Waals surface area contributed by atoms with Gasteiger partial charge in [0.25, 0.3) is 0 Å². The smallest absolute Gasteiger partial charge is 0.123 e. The summed E-state index contributed by atoms with van der Waals surface area (Å²) in [4.78, 5) is 0. The predicted octanol–water partition coefficient (Wildman–Crippen LogP) is 2.29. The first kappa shape index (κ1) is 12.3. The van der Waals surface area contributed by atoms with Gasteiger partial charge in [0.2, 0.25) is 0 Å². The van der Waals surface area contributed by atoms with Gasteiger partial charge in [-0.15, -0.1) is 0 Å². The van der Waals surface area contributed by atoms with E-state index in [9.17, 15) is 4.39 Å². The molecule has 1 aromatic rings. The minimum Gasteiger partial charge on any atom is -0.494 e. The zero-order valence-corrected chi connectivity index (χ0v) is 9.43. The van der Waals surface area contributed by atoms with Crippen LogP contribution in [0.5, 0.6) is 5.75 Å². The van der Waals surface area contributed by atoms with E-state index < -0.39 is 0 Å². The van der Waals surface area contributed by atoms with Crippen molar-refractivity contribution in [3.63, 3.8) is 0 Å². The first-order valence-electron chi connectivity index (χ1n) is 4.99. The summed E-state index contributed by atoms with van der Waals surface area (Å²) in [5.41, 5.74) is 5.36. The molecule has 0 fully saturated rings. The van der Waals surface area contributed by atoms with Gasteiger partial charge >= 0.3 is 0 Å². The summed E-state index contributed by atoms with van der Waals surface area (Å²) in [6, 6.07) is 6.09. The second-order valence-corrected chi connectivity index (χ2v) is 4.28. The number of benzene rings is 1. The molecule has 0 aliphatic heterocycles. The Kier molecular flexibility index (Phi) is 6.20. The van der Waals surface area contributed by atoms with Gasteiger partial charge in [-0.2, -0.15) is 11.8 Å². The fraction of sp³-hybridized carbons (Fsp3) is 0.455. The van der Waals surface area contributed by atoms with Gasteiger partial charge in [0.1, 0.15) is 11.6 Å². The van der Waals surface area contributed by atoms with E-state index in [2.05, 4.69) is 0 Å². The van der Waals surface area contributed by atoms with E-state index in [1.807, 2.05) is 11.8 Å². The van der Waals surface area contributed by atoms with Crippen LogP contribution in [0.4, 0.5) is 4.39 Å². The number of hydrogen-bond acceptors (Lipinski definition) is 3. The van der Waals surface area contributed by atoms with Crippen LogP contribution in [0.15, 0.2) is 24.3 Å². The van der Waals surface area contributed by atoms with E-state index in [1.165, 1.54) is 12.1 Å². The Balaban J connectivity index is 2.07. The van der Waals surface area contributed by atoms with Crippen LogP contribution >= 0.6 is 11.8 Å². The summed E-state index contributed by atoms with van der Waals surface area (Å²) in [5, 5.41) is 0. The van der Waals surface area contributed by atoms with Gasteiger partial charge in [-0.1, -0.05) is 0 Å². The second-order valence-electron chi connectivity index (χ2n) is 3.06. The van der Waals surface area contributed by atoms with Crippen molar-refractivity contribution >= 4 is 11.8 Å². The van der Waals surface area contributed by atoms with Gasteiger partial charge < -0.3 is 10.5 Å². The van der Waals surface area contributed by atoms with Crippen LogP contribution in [0.2, 0.25) is 0 Å². The lowest BCUT2D eigenvalue weighted by molar-refractivity contribution is 0.318. The van der Waals surface area contributed by atoms with Gasteiger partial charge in [-0.25, -0.2) is 4.39 Å². The highest BCUT2D eigenvalue weighted by atomic mass is 32.2. The summed E-state index contributed by atoms with van der Waals surface area (Å²) in [7, 11) is 0. The second kappa shape index (κ2) is 7.54. The molecule has 0 heterocycles. The molecule has 0 aliphatic carbocycles. The number of hydrogen-bond donors (Lipinski definition) is 1. The third-order valence-corrected chi connectivity index (χ3v) is 2.88. The molecule has 15 heavy (non-hydrogen) atoms. The first-order chi connectivity index (χ1) is 7.33. The van der Waals surface area contributed by atoms with Gasteiger partial charge in [0.05, 0.1) is 6.61 Å². The molecule has 2 N–H and O–H groups in total. The molecule has 2 nitrogen and oxygen atoms in total. The number of halogens is 1. The van der Waals surface area contributed by atoms with Crippen LogP contribution < -0.4 is 10.5 Å². The van der Waals surface area contributed by atoms with Crippen LogP contribution in [0, 0.1) is 5.82 Å². The molecule has 0 aromatic heterocycles. The van der Waals surface area contributed by atoms with Crippen molar-refractivity contribution in [3.8, 4) is 5.75 Å². The zero-order chi connectivity index (χ0) is 10.9. The molecule has 1 aromatic carbocycles. The Morgan fingerprint density at radius 3 is 2.60 bits per heavy atom. The van der Waals surface area contributed by atoms with Crippen LogP contribution in [-0.4, -0.2) is 24.7 Å². The van der Waals surface area contributed by atoms with E-state index in [0.29, 0.717) is 6.61 Å². The highest BCUT2D eigenvalue weighted by Crippen LogP contribution is 2.11. The summed E-state index contributed by atoms with van der Waals surface area (Å²) in [6.45, 7) is 1.40. The van der Waals surface area contributed by atoms with Crippen molar-refractivity contribution in [2.75, 3.05) is 24.7 Å². The number of nitrogens with two attached hydrogens (primary N) is 1. The Morgan fingerprint density at radius 1 is 1.20 bits per heavy atom. The average molecular weight is 229 g/mol. The van der Waals surface area contributed by atoms with Gasteiger partial charge in [0, 0.05) is 12.3 Å². The predicted molar refractivity (Wildman–Crippen MR) is 62.9 cm³/mol. The molecule has 0 saturated heterocycles. The fourth-order valence-corrected chi connectivity index (χ4v) is 1.76. The Hall–Kier alpha value is -0.740. The molecule has 0 radical (unpaired) electrons. The van der Waals surface area contributed by atoms with Gasteiger partial charge in [-0.05, 0) is 36.4 Å². The average Bonchev–Trinajstić information content (AvgIpc) is 2.26. The molecule has 0 atom stereocenters. The number of thioether (sulfide) groups is 1. The maximum atomic E-state index is 12.5. The van der Waals surface area contributed by atoms with E-state index in [4.69, 9.17) is 10.5 Å². The summed E-state index contributed by atoms with van der Waals surface area (Å²) in [6.07, 6.45) is 0.988. The number of ether oxygens (including phenoxy) is 1.